The van der Waals surface area contributed by atoms with Gasteiger partial charge in [0, 0.05) is 23.5 Å². The molecule has 3 N–H and O–H groups in total. The minimum Gasteiger partial charge on any atom is -0.352 e. The monoisotopic (exact) mass is 413 g/mol. The van der Waals surface area contributed by atoms with Crippen LogP contribution < -0.4 is 16.2 Å². The van der Waals surface area contributed by atoms with Crippen LogP contribution >= 0.6 is 0 Å². The van der Waals surface area contributed by atoms with Crippen molar-refractivity contribution in [1.82, 2.24) is 15.6 Å². The highest BCUT2D eigenvalue weighted by atomic mass is 19.1. The van der Waals surface area contributed by atoms with Crippen LogP contribution in [0.4, 0.5) is 8.78 Å². The molecule has 1 aliphatic rings. The van der Waals surface area contributed by atoms with Crippen LogP contribution in [0.1, 0.15) is 30.0 Å². The maximum absolute atomic E-state index is 14.4. The minimum absolute atomic E-state index is 0.0975. The van der Waals surface area contributed by atoms with Crippen LogP contribution in [-0.2, 0) is 11.2 Å². The van der Waals surface area contributed by atoms with Crippen LogP contribution in [0, 0.1) is 41.3 Å². The zero-order valence-corrected chi connectivity index (χ0v) is 16.6. The van der Waals surface area contributed by atoms with Gasteiger partial charge in [-0.1, -0.05) is 0 Å². The van der Waals surface area contributed by atoms with E-state index in [1.807, 2.05) is 6.07 Å². The highest BCUT2D eigenvalue weighted by Crippen LogP contribution is 2.24. The van der Waals surface area contributed by atoms with Gasteiger partial charge in [-0.2, -0.15) is 10.5 Å². The third-order valence-corrected chi connectivity index (χ3v) is 5.56. The molecule has 3 rings (SSSR count). The van der Waals surface area contributed by atoms with E-state index in [0.29, 0.717) is 17.6 Å². The largest absolute Gasteiger partial charge is 0.352 e. The summed E-state index contributed by atoms with van der Waals surface area (Å²) in [5.41, 5.74) is 0.0758. The van der Waals surface area contributed by atoms with Gasteiger partial charge in [0.1, 0.15) is 18.1 Å². The van der Waals surface area contributed by atoms with Crippen molar-refractivity contribution in [2.24, 2.45) is 5.92 Å². The molecule has 0 radical (unpaired) electrons. The lowest BCUT2D eigenvalue weighted by atomic mass is 9.90. The predicted octanol–water partition coefficient (Wildman–Crippen LogP) is 1.73. The van der Waals surface area contributed by atoms with Gasteiger partial charge in [-0.3, -0.25) is 9.59 Å². The fourth-order valence-electron chi connectivity index (χ4n) is 3.96. The second-order valence-corrected chi connectivity index (χ2v) is 7.56. The smallest absolute Gasteiger partial charge is 0.252 e. The second-order valence-electron chi connectivity index (χ2n) is 7.56. The Balaban J connectivity index is 1.81. The molecule has 2 heterocycles. The Labute approximate surface area is 171 Å². The summed E-state index contributed by atoms with van der Waals surface area (Å²) in [5, 5.41) is 24.1. The van der Waals surface area contributed by atoms with Crippen LogP contribution in [-0.4, -0.2) is 35.7 Å². The average Bonchev–Trinajstić information content (AvgIpc) is 2.71. The molecule has 0 bridgehead atoms. The van der Waals surface area contributed by atoms with E-state index in [1.54, 1.807) is 19.9 Å². The van der Waals surface area contributed by atoms with Gasteiger partial charge in [0.25, 0.3) is 5.56 Å². The number of halogens is 2. The summed E-state index contributed by atoms with van der Waals surface area (Å²) < 4.78 is 28.4. The van der Waals surface area contributed by atoms with Gasteiger partial charge < -0.3 is 15.6 Å². The number of carbonyl (C=O) groups is 1. The molecule has 1 aliphatic heterocycles. The number of nitriles is 2. The number of benzene rings is 1. The Morgan fingerprint density at radius 1 is 1.40 bits per heavy atom. The fourth-order valence-corrected chi connectivity index (χ4v) is 3.96. The minimum atomic E-state index is -1.29. The first-order chi connectivity index (χ1) is 14.3. The van der Waals surface area contributed by atoms with Gasteiger partial charge >= 0.3 is 0 Å². The van der Waals surface area contributed by atoms with Crippen molar-refractivity contribution in [3.63, 3.8) is 0 Å². The molecule has 7 nitrogen and oxygen atoms in total. The van der Waals surface area contributed by atoms with Crippen molar-refractivity contribution >= 4 is 16.8 Å². The molecule has 0 saturated carbocycles. The lowest BCUT2D eigenvalue weighted by molar-refractivity contribution is -0.121. The molecule has 9 heteroatoms. The topological polar surface area (TPSA) is 122 Å². The number of H-pyrrole nitrogens is 1. The lowest BCUT2D eigenvalue weighted by Gasteiger charge is -2.34. The molecule has 1 saturated heterocycles. The molecule has 30 heavy (non-hydrogen) atoms. The summed E-state index contributed by atoms with van der Waals surface area (Å²) in [6.07, 6.45) is -1.49. The average molecular weight is 413 g/mol. The molecule has 156 valence electrons. The normalized spacial score (nSPS) is 22.1. The number of rotatable bonds is 4. The van der Waals surface area contributed by atoms with Crippen molar-refractivity contribution in [3.8, 4) is 12.1 Å². The summed E-state index contributed by atoms with van der Waals surface area (Å²) in [5.74, 6) is -1.62. The molecule has 2 aromatic rings. The number of amides is 1. The van der Waals surface area contributed by atoms with E-state index in [9.17, 15) is 23.6 Å². The van der Waals surface area contributed by atoms with Crippen molar-refractivity contribution in [3.05, 3.63) is 45.0 Å². The molecular weight excluding hydrogens is 392 g/mol. The van der Waals surface area contributed by atoms with E-state index >= 15 is 0 Å². The molecule has 4 atom stereocenters. The van der Waals surface area contributed by atoms with E-state index < -0.39 is 41.5 Å². The summed E-state index contributed by atoms with van der Waals surface area (Å²) in [4.78, 5) is 27.6. The number of alkyl halides is 1. The van der Waals surface area contributed by atoms with Gasteiger partial charge in [-0.15, -0.1) is 0 Å². The third kappa shape index (κ3) is 4.03. The number of fused-ring (bicyclic) bond motifs is 1. The molecule has 1 fully saturated rings. The zero-order valence-electron chi connectivity index (χ0n) is 16.6. The maximum atomic E-state index is 14.4. The van der Waals surface area contributed by atoms with E-state index in [4.69, 9.17) is 5.26 Å². The van der Waals surface area contributed by atoms with E-state index in [-0.39, 0.29) is 29.4 Å². The second kappa shape index (κ2) is 8.60. The SMILES string of the molecule is Cc1c(CC(=O)N[C@H](C)C2NCC(C#N)CC2F)c(=O)[nH]c2ccc(F)c(C#N)c12. The number of aryl methyl sites for hydroxylation is 1. The first kappa shape index (κ1) is 21.4. The van der Waals surface area contributed by atoms with E-state index in [0.717, 1.165) is 6.07 Å². The summed E-state index contributed by atoms with van der Waals surface area (Å²) >= 11 is 0. The van der Waals surface area contributed by atoms with Crippen LogP contribution in [0.25, 0.3) is 10.9 Å². The Morgan fingerprint density at radius 2 is 2.13 bits per heavy atom. The van der Waals surface area contributed by atoms with Crippen LogP contribution in [0.2, 0.25) is 0 Å². The van der Waals surface area contributed by atoms with Crippen molar-refractivity contribution in [1.29, 1.82) is 10.5 Å². The first-order valence-corrected chi connectivity index (χ1v) is 9.57. The number of aromatic amines is 1. The van der Waals surface area contributed by atoms with Crippen LogP contribution in [0.5, 0.6) is 0 Å². The Kier molecular flexibility index (Phi) is 6.14. The quantitative estimate of drug-likeness (QED) is 0.705. The molecule has 1 amide bonds. The van der Waals surface area contributed by atoms with E-state index in [2.05, 4.69) is 15.6 Å². The molecule has 1 aromatic carbocycles. The number of carbonyl (C=O) groups excluding carboxylic acids is 1. The van der Waals surface area contributed by atoms with Crippen LogP contribution in [0.15, 0.2) is 16.9 Å². The predicted molar refractivity (Wildman–Crippen MR) is 106 cm³/mol. The van der Waals surface area contributed by atoms with Crippen LogP contribution in [0.3, 0.4) is 0 Å². The Morgan fingerprint density at radius 3 is 2.77 bits per heavy atom. The standard InChI is InChI=1S/C21H21F2N5O2/c1-10-13(21(30)28-17-4-3-15(22)14(8-25)19(10)17)6-18(29)27-11(2)20-16(23)5-12(7-24)9-26-20/h3-4,11-12,16,20,26H,5-6,9H2,1-2H3,(H,27,29)(H,28,30)/t11-,12?,16?,20?/m1/s1. The molecule has 1 aromatic heterocycles. The summed E-state index contributed by atoms with van der Waals surface area (Å²) in [6.45, 7) is 3.55. The van der Waals surface area contributed by atoms with E-state index in [1.165, 1.54) is 6.07 Å². The first-order valence-electron chi connectivity index (χ1n) is 9.57. The Bertz CT molecular complexity index is 1130. The van der Waals surface area contributed by atoms with Gasteiger partial charge in [-0.05, 0) is 38.0 Å². The maximum Gasteiger partial charge on any atom is 0.252 e. The summed E-state index contributed by atoms with van der Waals surface area (Å²) in [6, 6.07) is 5.09. The third-order valence-electron chi connectivity index (χ3n) is 5.56. The van der Waals surface area contributed by atoms with Crippen molar-refractivity contribution < 1.29 is 13.6 Å². The zero-order chi connectivity index (χ0) is 22.0. The number of hydrogen-bond acceptors (Lipinski definition) is 5. The van der Waals surface area contributed by atoms with Gasteiger partial charge in [-0.25, -0.2) is 8.78 Å². The fraction of sp³-hybridized carbons (Fsp3) is 0.429. The number of piperidine rings is 1. The number of aromatic nitrogens is 1. The highest BCUT2D eigenvalue weighted by Gasteiger charge is 2.34. The highest BCUT2D eigenvalue weighted by molar-refractivity contribution is 5.90. The van der Waals surface area contributed by atoms with Crippen molar-refractivity contribution in [2.75, 3.05) is 6.54 Å². The number of nitrogens with zero attached hydrogens (tertiary/aromatic N) is 2. The molecule has 0 aliphatic carbocycles. The number of nitrogens with one attached hydrogen (secondary N) is 3. The summed E-state index contributed by atoms with van der Waals surface area (Å²) in [7, 11) is 0. The molecule has 0 spiro atoms. The molecule has 3 unspecified atom stereocenters. The lowest BCUT2D eigenvalue weighted by Crippen LogP contribution is -2.57. The Hall–Kier alpha value is -3.30. The van der Waals surface area contributed by atoms with Gasteiger partial charge in [0.05, 0.1) is 35.5 Å². The van der Waals surface area contributed by atoms with Crippen molar-refractivity contribution in [2.45, 2.75) is 44.9 Å². The van der Waals surface area contributed by atoms with Gasteiger partial charge in [0.2, 0.25) is 5.91 Å². The molecular formula is C21H21F2N5O2. The number of hydrogen-bond donors (Lipinski definition) is 3. The number of pyridine rings is 1. The van der Waals surface area contributed by atoms with Gasteiger partial charge in [0.15, 0.2) is 0 Å².